The maximum Gasteiger partial charge on any atom is 0.350 e. The largest absolute Gasteiger partial charge is 0.450 e. The van der Waals surface area contributed by atoms with Crippen LogP contribution in [0.3, 0.4) is 0 Å². The molecule has 1 saturated carbocycles. The molecular formula is C17H20N4O2. The van der Waals surface area contributed by atoms with E-state index in [1.54, 1.807) is 10.8 Å². The Balaban J connectivity index is 1.68. The van der Waals surface area contributed by atoms with Crippen LogP contribution in [0.5, 0.6) is 11.5 Å². The third-order valence-electron chi connectivity index (χ3n) is 4.66. The van der Waals surface area contributed by atoms with Crippen LogP contribution >= 0.6 is 0 Å². The number of aromatic nitrogens is 2. The summed E-state index contributed by atoms with van der Waals surface area (Å²) in [6, 6.07) is 6.31. The number of nitrogens with one attached hydrogen (secondary N) is 1. The lowest BCUT2D eigenvalue weighted by molar-refractivity contribution is 0.312. The van der Waals surface area contributed by atoms with E-state index in [1.165, 1.54) is 0 Å². The molecule has 2 aromatic rings. The number of ether oxygens (including phenoxy) is 1. The average Bonchev–Trinajstić information content (AvgIpc) is 2.53. The van der Waals surface area contributed by atoms with Gasteiger partial charge in [-0.15, -0.1) is 0 Å². The molecule has 6 heteroatoms. The number of hydrogen-bond donors (Lipinski definition) is 2. The van der Waals surface area contributed by atoms with Crippen LogP contribution in [-0.4, -0.2) is 15.6 Å². The van der Waals surface area contributed by atoms with Crippen molar-refractivity contribution in [3.05, 3.63) is 40.4 Å². The smallest absolute Gasteiger partial charge is 0.350 e. The van der Waals surface area contributed by atoms with E-state index in [1.807, 2.05) is 25.1 Å². The van der Waals surface area contributed by atoms with Crippen molar-refractivity contribution in [2.24, 2.45) is 5.73 Å². The third-order valence-corrected chi connectivity index (χ3v) is 4.66. The predicted octanol–water partition coefficient (Wildman–Crippen LogP) is 2.84. The molecule has 120 valence electrons. The molecule has 3 N–H and O–H groups in total. The van der Waals surface area contributed by atoms with Crippen LogP contribution < -0.4 is 21.5 Å². The summed E-state index contributed by atoms with van der Waals surface area (Å²) in [7, 11) is 0. The number of anilines is 2. The van der Waals surface area contributed by atoms with Gasteiger partial charge in [-0.05, 0) is 50.3 Å². The molecular weight excluding hydrogens is 292 g/mol. The third kappa shape index (κ3) is 2.59. The minimum atomic E-state index is -0.239. The zero-order chi connectivity index (χ0) is 16.0. The molecule has 23 heavy (non-hydrogen) atoms. The number of rotatable bonds is 1. The van der Waals surface area contributed by atoms with E-state index in [0.29, 0.717) is 11.6 Å². The molecule has 0 unspecified atom stereocenters. The van der Waals surface area contributed by atoms with Crippen molar-refractivity contribution in [2.75, 3.05) is 5.32 Å². The Hall–Kier alpha value is -2.34. The fourth-order valence-corrected chi connectivity index (χ4v) is 3.33. The minimum absolute atomic E-state index is 0.156. The van der Waals surface area contributed by atoms with Crippen LogP contribution in [0.2, 0.25) is 0 Å². The van der Waals surface area contributed by atoms with Crippen molar-refractivity contribution >= 4 is 11.5 Å². The molecule has 0 radical (unpaired) electrons. The molecule has 1 aromatic heterocycles. The van der Waals surface area contributed by atoms with E-state index in [2.05, 4.69) is 10.3 Å². The van der Waals surface area contributed by atoms with Crippen LogP contribution in [0.4, 0.5) is 11.5 Å². The topological polar surface area (TPSA) is 82.2 Å². The van der Waals surface area contributed by atoms with Gasteiger partial charge >= 0.3 is 5.69 Å². The Morgan fingerprint density at radius 3 is 2.83 bits per heavy atom. The van der Waals surface area contributed by atoms with Gasteiger partial charge in [0.25, 0.3) is 0 Å². The monoisotopic (exact) mass is 312 g/mol. The van der Waals surface area contributed by atoms with Crippen molar-refractivity contribution < 1.29 is 4.74 Å². The van der Waals surface area contributed by atoms with Crippen molar-refractivity contribution in [2.45, 2.75) is 44.7 Å². The van der Waals surface area contributed by atoms with Crippen LogP contribution in [0.15, 0.2) is 29.2 Å². The van der Waals surface area contributed by atoms with Crippen molar-refractivity contribution in [1.82, 2.24) is 9.55 Å². The fraction of sp³-hybridized carbons (Fsp3) is 0.412. The van der Waals surface area contributed by atoms with Crippen molar-refractivity contribution in [3.63, 3.8) is 0 Å². The highest BCUT2D eigenvalue weighted by Crippen LogP contribution is 2.41. The Bertz CT molecular complexity index is 807. The molecule has 2 aliphatic rings. The zero-order valence-corrected chi connectivity index (χ0v) is 13.1. The maximum atomic E-state index is 12.4. The summed E-state index contributed by atoms with van der Waals surface area (Å²) in [5.74, 6) is 1.83. The lowest BCUT2D eigenvalue weighted by Crippen LogP contribution is -2.33. The molecule has 1 aromatic carbocycles. The lowest BCUT2D eigenvalue weighted by Gasteiger charge is -2.28. The number of nitrogens with zero attached hydrogens (tertiary/aromatic N) is 2. The minimum Gasteiger partial charge on any atom is -0.450 e. The molecule has 0 spiro atoms. The van der Waals surface area contributed by atoms with Gasteiger partial charge in [-0.25, -0.2) is 4.79 Å². The van der Waals surface area contributed by atoms with Gasteiger partial charge in [0, 0.05) is 12.1 Å². The van der Waals surface area contributed by atoms with E-state index in [-0.39, 0.29) is 17.8 Å². The van der Waals surface area contributed by atoms with Gasteiger partial charge in [-0.1, -0.05) is 6.07 Å². The second-order valence-electron chi connectivity index (χ2n) is 6.44. The van der Waals surface area contributed by atoms with Gasteiger partial charge in [-0.2, -0.15) is 4.98 Å². The normalized spacial score (nSPS) is 22.5. The number of fused-ring (bicyclic) bond motifs is 2. The standard InChI is InChI=1S/C17H20N4O2/c1-10-2-7-14-13(8-10)19-16-15(23-14)9-21(17(22)20-16)12-5-3-11(18)4-6-12/h2,7-9,11-12H,3-6,18H2,1H3,(H,19,20,22)/t11-,12-. The molecule has 0 amide bonds. The highest BCUT2D eigenvalue weighted by atomic mass is 16.5. The fourth-order valence-electron chi connectivity index (χ4n) is 3.33. The van der Waals surface area contributed by atoms with Crippen LogP contribution in [-0.2, 0) is 0 Å². The molecule has 0 saturated heterocycles. The zero-order valence-electron chi connectivity index (χ0n) is 13.1. The first-order valence-electron chi connectivity index (χ1n) is 8.04. The van der Waals surface area contributed by atoms with Gasteiger partial charge < -0.3 is 15.8 Å². The number of nitrogens with two attached hydrogens (primary N) is 1. The van der Waals surface area contributed by atoms with E-state index in [9.17, 15) is 4.79 Å². The van der Waals surface area contributed by atoms with Gasteiger partial charge in [0.05, 0.1) is 11.9 Å². The van der Waals surface area contributed by atoms with Crippen LogP contribution in [0.1, 0.15) is 37.3 Å². The summed E-state index contributed by atoms with van der Waals surface area (Å²) in [4.78, 5) is 16.6. The average molecular weight is 312 g/mol. The molecule has 0 atom stereocenters. The Kier molecular flexibility index (Phi) is 3.34. The molecule has 1 aliphatic carbocycles. The number of benzene rings is 1. The summed E-state index contributed by atoms with van der Waals surface area (Å²) >= 11 is 0. The highest BCUT2D eigenvalue weighted by molar-refractivity contribution is 5.72. The summed E-state index contributed by atoms with van der Waals surface area (Å²) in [6.07, 6.45) is 5.47. The first kappa shape index (κ1) is 14.3. The molecule has 6 nitrogen and oxygen atoms in total. The second kappa shape index (κ2) is 5.38. The van der Waals surface area contributed by atoms with Gasteiger partial charge in [0.1, 0.15) is 0 Å². The van der Waals surface area contributed by atoms with Crippen LogP contribution in [0, 0.1) is 6.92 Å². The molecule has 1 aliphatic heterocycles. The Morgan fingerprint density at radius 1 is 1.26 bits per heavy atom. The lowest BCUT2D eigenvalue weighted by atomic mass is 9.91. The predicted molar refractivity (Wildman–Crippen MR) is 88.5 cm³/mol. The Labute approximate surface area is 134 Å². The Morgan fingerprint density at radius 2 is 2.04 bits per heavy atom. The van der Waals surface area contributed by atoms with Crippen LogP contribution in [0.25, 0.3) is 0 Å². The van der Waals surface area contributed by atoms with Gasteiger partial charge in [0.15, 0.2) is 17.3 Å². The van der Waals surface area contributed by atoms with Gasteiger partial charge in [0.2, 0.25) is 0 Å². The van der Waals surface area contributed by atoms with Crippen molar-refractivity contribution in [1.29, 1.82) is 0 Å². The maximum absolute atomic E-state index is 12.4. The van der Waals surface area contributed by atoms with E-state index in [4.69, 9.17) is 10.5 Å². The molecule has 4 rings (SSSR count). The summed E-state index contributed by atoms with van der Waals surface area (Å²) in [5, 5.41) is 3.19. The van der Waals surface area contributed by atoms with E-state index < -0.39 is 0 Å². The summed E-state index contributed by atoms with van der Waals surface area (Å²) in [6.45, 7) is 2.01. The first-order valence-corrected chi connectivity index (χ1v) is 8.04. The van der Waals surface area contributed by atoms with Crippen molar-refractivity contribution in [3.8, 4) is 11.5 Å². The first-order chi connectivity index (χ1) is 11.1. The number of aryl methyl sites for hydroxylation is 1. The summed E-state index contributed by atoms with van der Waals surface area (Å²) < 4.78 is 7.63. The van der Waals surface area contributed by atoms with E-state index in [0.717, 1.165) is 42.7 Å². The summed E-state index contributed by atoms with van der Waals surface area (Å²) in [5.41, 5.74) is 7.67. The number of hydrogen-bond acceptors (Lipinski definition) is 5. The van der Waals surface area contributed by atoms with E-state index >= 15 is 0 Å². The SMILES string of the molecule is Cc1ccc2c(c1)Nc1nc(=O)n([C@H]3CC[C@H](N)CC3)cc1O2. The molecule has 2 heterocycles. The molecule has 1 fully saturated rings. The molecule has 0 bridgehead atoms. The quantitative estimate of drug-likeness (QED) is 0.722. The second-order valence-corrected chi connectivity index (χ2v) is 6.44. The van der Waals surface area contributed by atoms with Gasteiger partial charge in [-0.3, -0.25) is 4.57 Å². The highest BCUT2D eigenvalue weighted by Gasteiger charge is 2.24.